The zero-order valence-electron chi connectivity index (χ0n) is 21.4. The number of unbranched alkanes of at least 4 members (excludes halogenated alkanes) is 14. The van der Waals surface area contributed by atoms with E-state index in [-0.39, 0.29) is 0 Å². The van der Waals surface area contributed by atoms with E-state index in [9.17, 15) is 0 Å². The van der Waals surface area contributed by atoms with Gasteiger partial charge in [-0.05, 0) is 24.8 Å². The maximum absolute atomic E-state index is 2.56. The number of hydrogen-bond donors (Lipinski definition) is 0. The molecule has 2 heteroatoms. The van der Waals surface area contributed by atoms with Crippen LogP contribution in [0.4, 0.5) is 0 Å². The molecule has 0 radical (unpaired) electrons. The molecule has 0 atom stereocenters. The van der Waals surface area contributed by atoms with Crippen molar-refractivity contribution in [2.24, 2.45) is 0 Å². The van der Waals surface area contributed by atoms with E-state index in [1.54, 1.807) is 0 Å². The summed E-state index contributed by atoms with van der Waals surface area (Å²) in [4.78, 5) is 0. The Balaban J connectivity index is 1.79. The first-order valence-corrected chi connectivity index (χ1v) is 14.0. The van der Waals surface area contributed by atoms with Crippen molar-refractivity contribution < 1.29 is 4.57 Å². The van der Waals surface area contributed by atoms with E-state index in [2.05, 4.69) is 65.7 Å². The average molecular weight is 440 g/mol. The number of aromatic nitrogens is 2. The van der Waals surface area contributed by atoms with E-state index in [0.29, 0.717) is 0 Å². The molecule has 0 fully saturated rings. The zero-order valence-corrected chi connectivity index (χ0v) is 21.4. The predicted octanol–water partition coefficient (Wildman–Crippen LogP) is 8.65. The van der Waals surface area contributed by atoms with Crippen molar-refractivity contribution in [3.05, 3.63) is 54.1 Å². The molecule has 2 nitrogen and oxygen atoms in total. The number of aryl methyl sites for hydroxylation is 1. The van der Waals surface area contributed by atoms with E-state index in [1.807, 2.05) is 0 Å². The molecule has 1 heterocycles. The minimum Gasteiger partial charge on any atom is -0.234 e. The van der Waals surface area contributed by atoms with Crippen LogP contribution in [0.3, 0.4) is 0 Å². The van der Waals surface area contributed by atoms with Gasteiger partial charge in [0, 0.05) is 6.42 Å². The topological polar surface area (TPSA) is 8.81 Å². The lowest BCUT2D eigenvalue weighted by atomic mass is 10.1. The van der Waals surface area contributed by atoms with Crippen LogP contribution in [0.1, 0.15) is 128 Å². The van der Waals surface area contributed by atoms with Crippen molar-refractivity contribution in [2.45, 2.75) is 136 Å². The lowest BCUT2D eigenvalue weighted by molar-refractivity contribution is -0.704. The summed E-state index contributed by atoms with van der Waals surface area (Å²) in [7, 11) is 0. The maximum Gasteiger partial charge on any atom is 0.256 e. The van der Waals surface area contributed by atoms with Gasteiger partial charge < -0.3 is 0 Å². The first kappa shape index (κ1) is 26.7. The third-order valence-electron chi connectivity index (χ3n) is 6.79. The third kappa shape index (κ3) is 11.3. The highest BCUT2D eigenvalue weighted by atomic mass is 15.1. The molecule has 0 bridgehead atoms. The maximum atomic E-state index is 2.56. The molecule has 32 heavy (non-hydrogen) atoms. The Kier molecular flexibility index (Phi) is 14.9. The molecule has 180 valence electrons. The molecule has 2 aromatic rings. The molecule has 0 amide bonds. The molecule has 1 aromatic heterocycles. The summed E-state index contributed by atoms with van der Waals surface area (Å²) < 4.78 is 5.06. The Hall–Kier alpha value is -1.57. The van der Waals surface area contributed by atoms with Crippen molar-refractivity contribution in [1.82, 2.24) is 4.57 Å². The lowest BCUT2D eigenvalue weighted by Crippen LogP contribution is -2.37. The average Bonchev–Trinajstić information content (AvgIpc) is 3.19. The van der Waals surface area contributed by atoms with Crippen LogP contribution in [-0.4, -0.2) is 4.57 Å². The number of hydrogen-bond acceptors (Lipinski definition) is 0. The molecule has 0 aliphatic heterocycles. The van der Waals surface area contributed by atoms with Gasteiger partial charge in [-0.15, -0.1) is 0 Å². The summed E-state index contributed by atoms with van der Waals surface area (Å²) >= 11 is 0. The number of benzene rings is 1. The molecule has 1 aromatic carbocycles. The monoisotopic (exact) mass is 439 g/mol. The molecule has 0 saturated heterocycles. The number of nitrogens with zero attached hydrogens (tertiary/aromatic N) is 2. The van der Waals surface area contributed by atoms with E-state index < -0.39 is 0 Å². The molecule has 2 rings (SSSR count). The Morgan fingerprint density at radius 3 is 1.75 bits per heavy atom. The van der Waals surface area contributed by atoms with Gasteiger partial charge in [-0.1, -0.05) is 128 Å². The van der Waals surface area contributed by atoms with Crippen LogP contribution in [0, 0.1) is 0 Å². The second kappa shape index (κ2) is 17.9. The van der Waals surface area contributed by atoms with Crippen molar-refractivity contribution in [3.8, 4) is 0 Å². The Labute approximate surface area is 199 Å². The highest BCUT2D eigenvalue weighted by molar-refractivity contribution is 5.15. The smallest absolute Gasteiger partial charge is 0.234 e. The standard InChI is InChI=1S/C30H51N2/c1-3-5-7-9-11-12-13-15-20-24-30-31(25-21-16-14-10-8-6-4-2)26-27-32(30)28-29-22-18-17-19-23-29/h17-19,22-23,26-27H,3-16,20-21,24-25,28H2,1-2H3/q+1. The molecular formula is C30H51N2+. The first-order valence-electron chi connectivity index (χ1n) is 14.0. The molecule has 0 aliphatic carbocycles. The van der Waals surface area contributed by atoms with Crippen LogP contribution >= 0.6 is 0 Å². The van der Waals surface area contributed by atoms with E-state index in [1.165, 1.54) is 127 Å². The predicted molar refractivity (Wildman–Crippen MR) is 139 cm³/mol. The van der Waals surface area contributed by atoms with Gasteiger partial charge in [-0.3, -0.25) is 0 Å². The van der Waals surface area contributed by atoms with Crippen molar-refractivity contribution in [1.29, 1.82) is 0 Å². The summed E-state index contributed by atoms with van der Waals surface area (Å²) in [6.07, 6.45) is 28.1. The van der Waals surface area contributed by atoms with Gasteiger partial charge in [0.05, 0.1) is 6.54 Å². The van der Waals surface area contributed by atoms with Crippen LogP contribution in [0.5, 0.6) is 0 Å². The van der Waals surface area contributed by atoms with E-state index in [0.717, 1.165) is 6.54 Å². The van der Waals surface area contributed by atoms with E-state index in [4.69, 9.17) is 0 Å². The Morgan fingerprint density at radius 1 is 0.625 bits per heavy atom. The molecule has 0 spiro atoms. The first-order chi connectivity index (χ1) is 15.8. The molecule has 0 aliphatic rings. The van der Waals surface area contributed by atoms with Gasteiger partial charge in [-0.2, -0.15) is 0 Å². The minimum absolute atomic E-state index is 0.998. The fourth-order valence-corrected chi connectivity index (χ4v) is 4.75. The van der Waals surface area contributed by atoms with Crippen LogP contribution in [-0.2, 0) is 19.5 Å². The number of imidazole rings is 1. The Morgan fingerprint density at radius 2 is 1.16 bits per heavy atom. The summed E-state index contributed by atoms with van der Waals surface area (Å²) in [6.45, 7) is 6.78. The summed E-state index contributed by atoms with van der Waals surface area (Å²) in [6, 6.07) is 10.9. The van der Waals surface area contributed by atoms with E-state index >= 15 is 0 Å². The fourth-order valence-electron chi connectivity index (χ4n) is 4.75. The van der Waals surface area contributed by atoms with Crippen LogP contribution in [0.25, 0.3) is 0 Å². The molecule has 0 unspecified atom stereocenters. The summed E-state index contributed by atoms with van der Waals surface area (Å²) in [5.41, 5.74) is 1.40. The second-order valence-electron chi connectivity index (χ2n) is 9.72. The van der Waals surface area contributed by atoms with Gasteiger partial charge in [0.1, 0.15) is 18.9 Å². The fraction of sp³-hybridized carbons (Fsp3) is 0.700. The quantitative estimate of drug-likeness (QED) is 0.144. The largest absolute Gasteiger partial charge is 0.256 e. The van der Waals surface area contributed by atoms with Gasteiger partial charge >= 0.3 is 0 Å². The zero-order chi connectivity index (χ0) is 22.7. The summed E-state index contributed by atoms with van der Waals surface area (Å²) in [5.74, 6) is 1.53. The van der Waals surface area contributed by atoms with Crippen molar-refractivity contribution in [3.63, 3.8) is 0 Å². The van der Waals surface area contributed by atoms with Crippen LogP contribution in [0.15, 0.2) is 42.7 Å². The van der Waals surface area contributed by atoms with Crippen molar-refractivity contribution in [2.75, 3.05) is 0 Å². The van der Waals surface area contributed by atoms with Crippen molar-refractivity contribution >= 4 is 0 Å². The van der Waals surface area contributed by atoms with Gasteiger partial charge in [-0.25, -0.2) is 9.13 Å². The highest BCUT2D eigenvalue weighted by Crippen LogP contribution is 2.13. The number of rotatable bonds is 20. The van der Waals surface area contributed by atoms with Crippen LogP contribution in [0.2, 0.25) is 0 Å². The molecule has 0 N–H and O–H groups in total. The lowest BCUT2D eigenvalue weighted by Gasteiger charge is -2.07. The third-order valence-corrected chi connectivity index (χ3v) is 6.79. The van der Waals surface area contributed by atoms with Gasteiger partial charge in [0.2, 0.25) is 0 Å². The minimum atomic E-state index is 0.998. The Bertz CT molecular complexity index is 673. The summed E-state index contributed by atoms with van der Waals surface area (Å²) in [5, 5.41) is 0. The SMILES string of the molecule is CCCCCCCCCCCc1n(Cc2ccccc2)cc[n+]1CCCCCCCCC. The van der Waals surface area contributed by atoms with Gasteiger partial charge in [0.25, 0.3) is 5.82 Å². The molecule has 0 saturated carbocycles. The molecular weight excluding hydrogens is 388 g/mol. The van der Waals surface area contributed by atoms with Crippen LogP contribution < -0.4 is 4.57 Å². The normalized spacial score (nSPS) is 11.3. The van der Waals surface area contributed by atoms with Gasteiger partial charge in [0.15, 0.2) is 0 Å². The highest BCUT2D eigenvalue weighted by Gasteiger charge is 2.17. The second-order valence-corrected chi connectivity index (χ2v) is 9.72.